The zero-order chi connectivity index (χ0) is 18.0. The third-order valence-corrected chi connectivity index (χ3v) is 4.81. The van der Waals surface area contributed by atoms with Gasteiger partial charge in [0.05, 0.1) is 11.4 Å². The molecule has 0 atom stereocenters. The lowest BCUT2D eigenvalue weighted by Crippen LogP contribution is -2.02. The van der Waals surface area contributed by atoms with Gasteiger partial charge in [0.1, 0.15) is 0 Å². The van der Waals surface area contributed by atoms with Gasteiger partial charge < -0.3 is 0 Å². The fraction of sp³-hybridized carbons (Fsp3) is 0.364. The predicted molar refractivity (Wildman–Crippen MR) is 106 cm³/mol. The van der Waals surface area contributed by atoms with Crippen molar-refractivity contribution in [2.75, 3.05) is 0 Å². The molecule has 0 radical (unpaired) electrons. The number of hydrogen-bond acceptors (Lipinski definition) is 2. The number of aryl methyl sites for hydroxylation is 6. The third-order valence-electron chi connectivity index (χ3n) is 4.81. The quantitative estimate of drug-likeness (QED) is 0.506. The normalized spacial score (nSPS) is 12.7. The highest BCUT2D eigenvalue weighted by Gasteiger charge is 2.07. The molecule has 2 aromatic carbocycles. The monoisotopic (exact) mass is 320 g/mol. The van der Waals surface area contributed by atoms with Crippen LogP contribution in [0.5, 0.6) is 0 Å². The fourth-order valence-corrected chi connectivity index (χ4v) is 2.96. The van der Waals surface area contributed by atoms with Crippen LogP contribution in [0.4, 0.5) is 0 Å². The lowest BCUT2D eigenvalue weighted by atomic mass is 9.98. The third kappa shape index (κ3) is 3.81. The Labute approximate surface area is 146 Å². The van der Waals surface area contributed by atoms with Gasteiger partial charge in [-0.3, -0.25) is 0 Å². The van der Waals surface area contributed by atoms with Gasteiger partial charge in [0.15, 0.2) is 0 Å². The molecule has 0 aliphatic rings. The lowest BCUT2D eigenvalue weighted by molar-refractivity contribution is 1.19. The van der Waals surface area contributed by atoms with Gasteiger partial charge in [-0.25, -0.2) is 0 Å². The van der Waals surface area contributed by atoms with E-state index in [2.05, 4.69) is 76.0 Å². The molecule has 0 spiro atoms. The van der Waals surface area contributed by atoms with Crippen LogP contribution in [0, 0.1) is 41.5 Å². The van der Waals surface area contributed by atoms with Gasteiger partial charge in [-0.1, -0.05) is 12.1 Å². The molecule has 0 bridgehead atoms. The molecule has 0 saturated heterocycles. The van der Waals surface area contributed by atoms with Crippen molar-refractivity contribution in [2.45, 2.75) is 55.4 Å². The molecule has 0 fully saturated rings. The van der Waals surface area contributed by atoms with E-state index in [0.29, 0.717) is 0 Å². The molecule has 0 saturated carbocycles. The van der Waals surface area contributed by atoms with Crippen molar-refractivity contribution in [1.29, 1.82) is 0 Å². The summed E-state index contributed by atoms with van der Waals surface area (Å²) in [6, 6.07) is 8.84. The minimum atomic E-state index is 0.955. The molecule has 0 N–H and O–H groups in total. The van der Waals surface area contributed by atoms with Gasteiger partial charge in [-0.2, -0.15) is 10.2 Å². The van der Waals surface area contributed by atoms with Crippen LogP contribution in [0.2, 0.25) is 0 Å². The molecular formula is C22H28N2. The maximum atomic E-state index is 4.50. The zero-order valence-electron chi connectivity index (χ0n) is 16.2. The van der Waals surface area contributed by atoms with E-state index in [1.54, 1.807) is 0 Å². The van der Waals surface area contributed by atoms with E-state index in [4.69, 9.17) is 0 Å². The van der Waals surface area contributed by atoms with Crippen LogP contribution in [0.1, 0.15) is 58.4 Å². The molecule has 126 valence electrons. The molecular weight excluding hydrogens is 292 g/mol. The van der Waals surface area contributed by atoms with E-state index in [9.17, 15) is 0 Å². The molecule has 2 nitrogen and oxygen atoms in total. The Hall–Kier alpha value is -2.22. The summed E-state index contributed by atoms with van der Waals surface area (Å²) in [7, 11) is 0. The van der Waals surface area contributed by atoms with Crippen LogP contribution in [0.3, 0.4) is 0 Å². The van der Waals surface area contributed by atoms with E-state index in [0.717, 1.165) is 11.4 Å². The molecule has 2 aromatic rings. The van der Waals surface area contributed by atoms with Gasteiger partial charge in [0.25, 0.3) is 0 Å². The van der Waals surface area contributed by atoms with Crippen molar-refractivity contribution in [3.63, 3.8) is 0 Å². The van der Waals surface area contributed by atoms with Crippen molar-refractivity contribution in [2.24, 2.45) is 10.2 Å². The Morgan fingerprint density at radius 1 is 0.500 bits per heavy atom. The largest absolute Gasteiger partial charge is 0.155 e. The highest BCUT2D eigenvalue weighted by Crippen LogP contribution is 2.18. The number of hydrogen-bond donors (Lipinski definition) is 0. The minimum absolute atomic E-state index is 0.955. The van der Waals surface area contributed by atoms with Gasteiger partial charge in [0.2, 0.25) is 0 Å². The highest BCUT2D eigenvalue weighted by atomic mass is 15.2. The van der Waals surface area contributed by atoms with Crippen LogP contribution in [0.15, 0.2) is 34.5 Å². The van der Waals surface area contributed by atoms with Gasteiger partial charge >= 0.3 is 0 Å². The Morgan fingerprint density at radius 3 is 1.12 bits per heavy atom. The first-order chi connectivity index (χ1) is 11.2. The molecule has 0 amide bonds. The smallest absolute Gasteiger partial charge is 0.0674 e. The van der Waals surface area contributed by atoms with Crippen LogP contribution in [0.25, 0.3) is 0 Å². The number of benzene rings is 2. The second kappa shape index (κ2) is 7.12. The molecule has 0 heterocycles. The minimum Gasteiger partial charge on any atom is -0.155 e. The molecule has 24 heavy (non-hydrogen) atoms. The standard InChI is InChI=1S/C22H28N2/c1-13-9-17(5)21(11-15(13)3)19(7)23-24-20(8)22-12-16(4)14(2)10-18(22)6/h9-12H,1-8H3/b23-19+,24-20+. The van der Waals surface area contributed by atoms with E-state index >= 15 is 0 Å². The molecule has 0 aliphatic heterocycles. The molecule has 0 aromatic heterocycles. The summed E-state index contributed by atoms with van der Waals surface area (Å²) < 4.78 is 0. The first-order valence-corrected chi connectivity index (χ1v) is 8.46. The van der Waals surface area contributed by atoms with Crippen molar-refractivity contribution in [1.82, 2.24) is 0 Å². The van der Waals surface area contributed by atoms with Crippen molar-refractivity contribution >= 4 is 11.4 Å². The maximum absolute atomic E-state index is 4.50. The average Bonchev–Trinajstić information content (AvgIpc) is 2.51. The van der Waals surface area contributed by atoms with Crippen molar-refractivity contribution < 1.29 is 0 Å². The lowest BCUT2D eigenvalue weighted by Gasteiger charge is -2.10. The summed E-state index contributed by atoms with van der Waals surface area (Å²) in [6.45, 7) is 16.9. The Balaban J connectivity index is 2.40. The first kappa shape index (κ1) is 18.1. The fourth-order valence-electron chi connectivity index (χ4n) is 2.96. The van der Waals surface area contributed by atoms with E-state index in [1.165, 1.54) is 44.5 Å². The average molecular weight is 320 g/mol. The number of nitrogens with zero attached hydrogens (tertiary/aromatic N) is 2. The summed E-state index contributed by atoms with van der Waals surface area (Å²) in [4.78, 5) is 0. The van der Waals surface area contributed by atoms with Gasteiger partial charge in [-0.05, 0) is 101 Å². The first-order valence-electron chi connectivity index (χ1n) is 8.46. The van der Waals surface area contributed by atoms with Crippen LogP contribution < -0.4 is 0 Å². The van der Waals surface area contributed by atoms with Gasteiger partial charge in [-0.15, -0.1) is 0 Å². The Bertz CT molecular complexity index is 768. The molecule has 2 heteroatoms. The molecule has 0 aliphatic carbocycles. The van der Waals surface area contributed by atoms with Crippen molar-refractivity contribution in [3.8, 4) is 0 Å². The zero-order valence-corrected chi connectivity index (χ0v) is 16.2. The summed E-state index contributed by atoms with van der Waals surface area (Å²) in [5, 5.41) is 9.00. The SMILES string of the molecule is C/C(=N\N=C(/C)c1cc(C)c(C)cc1C)c1cc(C)c(C)cc1C. The Kier molecular flexibility index (Phi) is 5.38. The predicted octanol–water partition coefficient (Wildman–Crippen LogP) is 5.77. The summed E-state index contributed by atoms with van der Waals surface area (Å²) in [5.41, 5.74) is 11.9. The van der Waals surface area contributed by atoms with Crippen LogP contribution >= 0.6 is 0 Å². The summed E-state index contributed by atoms with van der Waals surface area (Å²) >= 11 is 0. The summed E-state index contributed by atoms with van der Waals surface area (Å²) in [6.07, 6.45) is 0. The molecule has 2 rings (SSSR count). The van der Waals surface area contributed by atoms with Gasteiger partial charge in [0, 0.05) is 11.1 Å². The van der Waals surface area contributed by atoms with E-state index < -0.39 is 0 Å². The Morgan fingerprint density at radius 2 is 0.792 bits per heavy atom. The van der Waals surface area contributed by atoms with E-state index in [1.807, 2.05) is 13.8 Å². The van der Waals surface area contributed by atoms with E-state index in [-0.39, 0.29) is 0 Å². The maximum Gasteiger partial charge on any atom is 0.0674 e. The number of rotatable bonds is 3. The topological polar surface area (TPSA) is 24.7 Å². The molecule has 0 unspecified atom stereocenters. The van der Waals surface area contributed by atoms with Crippen molar-refractivity contribution in [3.05, 3.63) is 68.8 Å². The second-order valence-corrected chi connectivity index (χ2v) is 6.87. The van der Waals surface area contributed by atoms with Crippen LogP contribution in [-0.4, -0.2) is 11.4 Å². The van der Waals surface area contributed by atoms with Crippen LogP contribution in [-0.2, 0) is 0 Å². The second-order valence-electron chi connectivity index (χ2n) is 6.87. The summed E-state index contributed by atoms with van der Waals surface area (Å²) in [5.74, 6) is 0. The highest BCUT2D eigenvalue weighted by molar-refractivity contribution is 6.03.